The Morgan fingerprint density at radius 2 is 1.63 bits per heavy atom. The van der Waals surface area contributed by atoms with E-state index in [1.807, 2.05) is 41.3 Å². The van der Waals surface area contributed by atoms with Crippen LogP contribution in [0.1, 0.15) is 40.3 Å². The molecule has 7 nitrogen and oxygen atoms in total. The van der Waals surface area contributed by atoms with Gasteiger partial charge in [0, 0.05) is 39.0 Å². The lowest BCUT2D eigenvalue weighted by Crippen LogP contribution is -2.47. The fourth-order valence-electron chi connectivity index (χ4n) is 4.83. The Kier molecular flexibility index (Phi) is 7.18. The average Bonchev–Trinajstić information content (AvgIpc) is 3.55. The Balaban J connectivity index is 1.26. The summed E-state index contributed by atoms with van der Waals surface area (Å²) in [5.74, 6) is 1.41. The van der Waals surface area contributed by atoms with E-state index in [4.69, 9.17) is 18.6 Å². The van der Waals surface area contributed by atoms with Crippen LogP contribution in [0, 0.1) is 0 Å². The second kappa shape index (κ2) is 10.6. The summed E-state index contributed by atoms with van der Waals surface area (Å²) >= 11 is 0. The van der Waals surface area contributed by atoms with E-state index in [1.54, 1.807) is 13.2 Å². The van der Waals surface area contributed by atoms with Crippen LogP contribution >= 0.6 is 0 Å². The Labute approximate surface area is 206 Å². The second-order valence-electron chi connectivity index (χ2n) is 9.15. The van der Waals surface area contributed by atoms with Crippen LogP contribution in [0.15, 0.2) is 71.1 Å². The fraction of sp³-hybridized carbons (Fsp3) is 0.393. The molecule has 7 heteroatoms. The maximum Gasteiger partial charge on any atom is 0.289 e. The highest BCUT2D eigenvalue weighted by atomic mass is 16.7. The van der Waals surface area contributed by atoms with Crippen molar-refractivity contribution in [3.63, 3.8) is 0 Å². The normalized spacial score (nSPS) is 17.3. The Morgan fingerprint density at radius 3 is 2.37 bits per heavy atom. The quantitative estimate of drug-likeness (QED) is 0.478. The Morgan fingerprint density at radius 1 is 0.914 bits per heavy atom. The summed E-state index contributed by atoms with van der Waals surface area (Å²) in [5.41, 5.74) is 2.37. The summed E-state index contributed by atoms with van der Waals surface area (Å²) in [6, 6.07) is 22.2. The Bertz CT molecular complexity index is 1110. The first-order valence-electron chi connectivity index (χ1n) is 12.2. The van der Waals surface area contributed by atoms with Gasteiger partial charge in [0.25, 0.3) is 5.91 Å². The molecule has 184 valence electrons. The van der Waals surface area contributed by atoms with Crippen LogP contribution in [0.4, 0.5) is 0 Å². The molecule has 1 aromatic heterocycles. The van der Waals surface area contributed by atoms with Crippen molar-refractivity contribution in [1.82, 2.24) is 9.80 Å². The molecule has 2 fully saturated rings. The molecule has 2 aliphatic heterocycles. The summed E-state index contributed by atoms with van der Waals surface area (Å²) in [4.78, 5) is 17.2. The van der Waals surface area contributed by atoms with Gasteiger partial charge in [0.05, 0.1) is 26.9 Å². The van der Waals surface area contributed by atoms with E-state index in [0.29, 0.717) is 51.4 Å². The van der Waals surface area contributed by atoms with Gasteiger partial charge >= 0.3 is 0 Å². The van der Waals surface area contributed by atoms with E-state index in [2.05, 4.69) is 29.2 Å². The lowest BCUT2D eigenvalue weighted by Gasteiger charge is -2.37. The third kappa shape index (κ3) is 5.75. The number of furan rings is 1. The SMILES string of the molecule is COc1cccc(CN(Cc2ccccc2)Cc2ccc(C(=O)N3CCC4(CC3)OCCO4)o2)c1. The molecule has 1 amide bonds. The number of nitrogens with zero attached hydrogens (tertiary/aromatic N) is 2. The molecule has 2 aliphatic rings. The van der Waals surface area contributed by atoms with E-state index < -0.39 is 5.79 Å². The number of piperidine rings is 1. The van der Waals surface area contributed by atoms with Crippen LogP contribution < -0.4 is 4.74 Å². The van der Waals surface area contributed by atoms with Gasteiger partial charge in [0.1, 0.15) is 11.5 Å². The van der Waals surface area contributed by atoms with E-state index in [0.717, 1.165) is 30.2 Å². The number of methoxy groups -OCH3 is 1. The van der Waals surface area contributed by atoms with Gasteiger partial charge in [-0.3, -0.25) is 9.69 Å². The molecular weight excluding hydrogens is 444 g/mol. The van der Waals surface area contributed by atoms with Gasteiger partial charge < -0.3 is 23.5 Å². The van der Waals surface area contributed by atoms with Crippen molar-refractivity contribution in [3.05, 3.63) is 89.4 Å². The number of ether oxygens (including phenoxy) is 3. The van der Waals surface area contributed by atoms with Crippen molar-refractivity contribution >= 4 is 5.91 Å². The lowest BCUT2D eigenvalue weighted by molar-refractivity contribution is -0.181. The molecule has 1 spiro atoms. The zero-order chi connectivity index (χ0) is 24.1. The number of carbonyl (C=O) groups excluding carboxylic acids is 1. The monoisotopic (exact) mass is 476 g/mol. The van der Waals surface area contributed by atoms with Crippen molar-refractivity contribution < 1.29 is 23.4 Å². The van der Waals surface area contributed by atoms with Gasteiger partial charge in [-0.2, -0.15) is 0 Å². The van der Waals surface area contributed by atoms with Crippen LogP contribution in [0.25, 0.3) is 0 Å². The van der Waals surface area contributed by atoms with Crippen LogP contribution in [-0.4, -0.2) is 54.9 Å². The highest BCUT2D eigenvalue weighted by molar-refractivity contribution is 5.91. The summed E-state index contributed by atoms with van der Waals surface area (Å²) in [5, 5.41) is 0. The smallest absolute Gasteiger partial charge is 0.289 e. The number of amides is 1. The molecule has 0 N–H and O–H groups in total. The number of likely N-dealkylation sites (tertiary alicyclic amines) is 1. The number of benzene rings is 2. The number of hydrogen-bond donors (Lipinski definition) is 0. The topological polar surface area (TPSA) is 64.4 Å². The van der Waals surface area contributed by atoms with Gasteiger partial charge in [-0.1, -0.05) is 42.5 Å². The van der Waals surface area contributed by atoms with E-state index in [1.165, 1.54) is 5.56 Å². The van der Waals surface area contributed by atoms with E-state index >= 15 is 0 Å². The van der Waals surface area contributed by atoms with Gasteiger partial charge in [0.15, 0.2) is 11.5 Å². The summed E-state index contributed by atoms with van der Waals surface area (Å²) in [7, 11) is 1.68. The van der Waals surface area contributed by atoms with Gasteiger partial charge in [-0.25, -0.2) is 0 Å². The lowest BCUT2D eigenvalue weighted by atomic mass is 10.0. The molecule has 0 saturated carbocycles. The minimum absolute atomic E-state index is 0.0773. The second-order valence-corrected chi connectivity index (χ2v) is 9.15. The van der Waals surface area contributed by atoms with Crippen molar-refractivity contribution in [2.75, 3.05) is 33.4 Å². The van der Waals surface area contributed by atoms with Crippen molar-refractivity contribution in [2.45, 2.75) is 38.3 Å². The van der Waals surface area contributed by atoms with Crippen LogP contribution in [0.2, 0.25) is 0 Å². The zero-order valence-electron chi connectivity index (χ0n) is 20.2. The maximum atomic E-state index is 13.1. The summed E-state index contributed by atoms with van der Waals surface area (Å²) in [6.07, 6.45) is 1.38. The number of carbonyl (C=O) groups is 1. The first kappa shape index (κ1) is 23.6. The molecular formula is C28H32N2O5. The predicted octanol–water partition coefficient (Wildman–Crippen LogP) is 4.47. The Hall–Kier alpha value is -3.13. The largest absolute Gasteiger partial charge is 0.497 e. The minimum atomic E-state index is -0.497. The third-order valence-corrected chi connectivity index (χ3v) is 6.67. The molecule has 3 aromatic rings. The van der Waals surface area contributed by atoms with Crippen molar-refractivity contribution in [1.29, 1.82) is 0 Å². The molecule has 0 bridgehead atoms. The van der Waals surface area contributed by atoms with Crippen molar-refractivity contribution in [3.8, 4) is 5.75 Å². The summed E-state index contributed by atoms with van der Waals surface area (Å²) in [6.45, 7) is 4.54. The molecule has 0 radical (unpaired) electrons. The predicted molar refractivity (Wildman–Crippen MR) is 131 cm³/mol. The minimum Gasteiger partial charge on any atom is -0.497 e. The number of rotatable bonds is 8. The standard InChI is InChI=1S/C28H32N2O5/c1-32-24-9-5-8-23(18-24)20-29(19-22-6-3-2-4-7-22)21-25-10-11-26(35-25)27(31)30-14-12-28(13-15-30)33-16-17-34-28/h2-11,18H,12-17,19-21H2,1H3. The highest BCUT2D eigenvalue weighted by Gasteiger charge is 2.41. The molecule has 2 aromatic carbocycles. The average molecular weight is 477 g/mol. The van der Waals surface area contributed by atoms with Crippen LogP contribution in [0.3, 0.4) is 0 Å². The fourth-order valence-corrected chi connectivity index (χ4v) is 4.83. The van der Waals surface area contributed by atoms with Crippen LogP contribution in [-0.2, 0) is 29.1 Å². The number of hydrogen-bond acceptors (Lipinski definition) is 6. The molecule has 0 aliphatic carbocycles. The molecule has 2 saturated heterocycles. The van der Waals surface area contributed by atoms with Gasteiger partial charge in [0.2, 0.25) is 0 Å². The highest BCUT2D eigenvalue weighted by Crippen LogP contribution is 2.32. The first-order chi connectivity index (χ1) is 17.1. The van der Waals surface area contributed by atoms with Crippen molar-refractivity contribution in [2.24, 2.45) is 0 Å². The molecule has 0 unspecified atom stereocenters. The molecule has 35 heavy (non-hydrogen) atoms. The molecule has 5 rings (SSSR count). The maximum absolute atomic E-state index is 13.1. The van der Waals surface area contributed by atoms with E-state index in [9.17, 15) is 4.79 Å². The zero-order valence-corrected chi connectivity index (χ0v) is 20.2. The van der Waals surface area contributed by atoms with E-state index in [-0.39, 0.29) is 5.91 Å². The molecule has 0 atom stereocenters. The van der Waals surface area contributed by atoms with Crippen LogP contribution in [0.5, 0.6) is 5.75 Å². The molecule has 3 heterocycles. The first-order valence-corrected chi connectivity index (χ1v) is 12.2. The third-order valence-electron chi connectivity index (χ3n) is 6.67. The van der Waals surface area contributed by atoms with Gasteiger partial charge in [-0.15, -0.1) is 0 Å². The van der Waals surface area contributed by atoms with Gasteiger partial charge in [-0.05, 0) is 35.4 Å². The summed E-state index contributed by atoms with van der Waals surface area (Å²) < 4.78 is 23.0.